The molecule has 2 unspecified atom stereocenters. The van der Waals surface area contributed by atoms with Crippen molar-refractivity contribution in [1.29, 1.82) is 0 Å². The summed E-state index contributed by atoms with van der Waals surface area (Å²) in [6.45, 7) is 4.06. The summed E-state index contributed by atoms with van der Waals surface area (Å²) in [4.78, 5) is 16.5. The molecule has 2 aromatic rings. The van der Waals surface area contributed by atoms with E-state index in [2.05, 4.69) is 4.98 Å². The molecule has 2 rings (SSSR count). The fourth-order valence-electron chi connectivity index (χ4n) is 2.03. The highest BCUT2D eigenvalue weighted by Crippen LogP contribution is 2.20. The van der Waals surface area contributed by atoms with Crippen LogP contribution in [-0.4, -0.2) is 16.8 Å². The highest BCUT2D eigenvalue weighted by molar-refractivity contribution is 6.10. The van der Waals surface area contributed by atoms with E-state index in [0.29, 0.717) is 5.56 Å². The lowest BCUT2D eigenvalue weighted by Gasteiger charge is -2.17. The van der Waals surface area contributed by atoms with Gasteiger partial charge in [0.05, 0.1) is 6.04 Å². The monoisotopic (exact) mass is 242 g/mol. The molecule has 0 fully saturated rings. The summed E-state index contributed by atoms with van der Waals surface area (Å²) in [5.74, 6) is 0.204. The molecule has 1 aromatic heterocycles. The summed E-state index contributed by atoms with van der Waals surface area (Å²) in [5, 5.41) is 1.90. The van der Waals surface area contributed by atoms with Gasteiger partial charge in [-0.3, -0.25) is 9.78 Å². The molecule has 0 bridgehead atoms. The normalized spacial score (nSPS) is 14.4. The smallest absolute Gasteiger partial charge is 0.180 e. The lowest BCUT2D eigenvalue weighted by Crippen LogP contribution is -2.36. The third-order valence-corrected chi connectivity index (χ3v) is 3.51. The van der Waals surface area contributed by atoms with Gasteiger partial charge in [-0.1, -0.05) is 38.5 Å². The molecular weight excluding hydrogens is 224 g/mol. The molecule has 1 heterocycles. The first kappa shape index (κ1) is 12.7. The number of benzene rings is 1. The standard InChI is InChI=1S/C15H18N2O/c1-3-10(2)14(16)15(18)13-6-4-5-11-9-17-8-7-12(11)13/h4-10,14H,3,16H2,1-2H3. The highest BCUT2D eigenvalue weighted by Gasteiger charge is 2.22. The van der Waals surface area contributed by atoms with Crippen LogP contribution < -0.4 is 5.73 Å². The van der Waals surface area contributed by atoms with E-state index in [4.69, 9.17) is 5.73 Å². The van der Waals surface area contributed by atoms with Gasteiger partial charge in [-0.2, -0.15) is 0 Å². The zero-order valence-corrected chi connectivity index (χ0v) is 10.8. The number of hydrogen-bond acceptors (Lipinski definition) is 3. The summed E-state index contributed by atoms with van der Waals surface area (Å²) >= 11 is 0. The number of nitrogens with two attached hydrogens (primary N) is 1. The highest BCUT2D eigenvalue weighted by atomic mass is 16.1. The molecule has 0 amide bonds. The number of carbonyl (C=O) groups is 1. The molecule has 0 aliphatic carbocycles. The maximum Gasteiger partial charge on any atom is 0.180 e. The van der Waals surface area contributed by atoms with Crippen molar-refractivity contribution in [1.82, 2.24) is 4.98 Å². The first-order chi connectivity index (χ1) is 8.65. The van der Waals surface area contributed by atoms with Crippen molar-refractivity contribution in [2.75, 3.05) is 0 Å². The molecule has 2 atom stereocenters. The number of nitrogens with zero attached hydrogens (tertiary/aromatic N) is 1. The van der Waals surface area contributed by atoms with E-state index in [-0.39, 0.29) is 11.7 Å². The van der Waals surface area contributed by atoms with Crippen molar-refractivity contribution in [3.63, 3.8) is 0 Å². The molecule has 2 N–H and O–H groups in total. The van der Waals surface area contributed by atoms with Crippen LogP contribution in [0.2, 0.25) is 0 Å². The largest absolute Gasteiger partial charge is 0.321 e. The second-order valence-corrected chi connectivity index (χ2v) is 4.68. The summed E-state index contributed by atoms with van der Waals surface area (Å²) < 4.78 is 0. The van der Waals surface area contributed by atoms with Crippen LogP contribution in [0.5, 0.6) is 0 Å². The van der Waals surface area contributed by atoms with E-state index in [1.165, 1.54) is 0 Å². The Kier molecular flexibility index (Phi) is 3.72. The van der Waals surface area contributed by atoms with Crippen LogP contribution in [0.4, 0.5) is 0 Å². The average Bonchev–Trinajstić information content (AvgIpc) is 2.44. The van der Waals surface area contributed by atoms with Crippen LogP contribution in [0, 0.1) is 5.92 Å². The molecule has 0 saturated heterocycles. The Bertz CT molecular complexity index is 560. The number of pyridine rings is 1. The molecule has 1 aromatic carbocycles. The van der Waals surface area contributed by atoms with Crippen LogP contribution in [0.3, 0.4) is 0 Å². The number of aromatic nitrogens is 1. The van der Waals surface area contributed by atoms with Gasteiger partial charge in [0.2, 0.25) is 0 Å². The Labute approximate surface area is 107 Å². The minimum Gasteiger partial charge on any atom is -0.321 e. The number of fused-ring (bicyclic) bond motifs is 1. The zero-order chi connectivity index (χ0) is 13.1. The topological polar surface area (TPSA) is 56.0 Å². The molecular formula is C15H18N2O. The Morgan fingerprint density at radius 2 is 2.17 bits per heavy atom. The van der Waals surface area contributed by atoms with Crippen molar-refractivity contribution in [3.05, 3.63) is 42.2 Å². The summed E-state index contributed by atoms with van der Waals surface area (Å²) in [7, 11) is 0. The SMILES string of the molecule is CCC(C)C(N)C(=O)c1cccc2cnccc12. The van der Waals surface area contributed by atoms with Gasteiger partial charge in [-0.25, -0.2) is 0 Å². The molecule has 94 valence electrons. The first-order valence-corrected chi connectivity index (χ1v) is 6.27. The Hall–Kier alpha value is -1.74. The quantitative estimate of drug-likeness (QED) is 0.839. The third-order valence-electron chi connectivity index (χ3n) is 3.51. The van der Waals surface area contributed by atoms with Gasteiger partial charge < -0.3 is 5.73 Å². The molecule has 3 heteroatoms. The number of ketones is 1. The first-order valence-electron chi connectivity index (χ1n) is 6.27. The van der Waals surface area contributed by atoms with Crippen LogP contribution in [0.25, 0.3) is 10.8 Å². The fraction of sp³-hybridized carbons (Fsp3) is 0.333. The van der Waals surface area contributed by atoms with E-state index in [0.717, 1.165) is 17.2 Å². The third kappa shape index (κ3) is 2.27. The number of hydrogen-bond donors (Lipinski definition) is 1. The minimum absolute atomic E-state index is 0.0150. The van der Waals surface area contributed by atoms with E-state index < -0.39 is 6.04 Å². The minimum atomic E-state index is -0.436. The molecule has 0 spiro atoms. The maximum atomic E-state index is 12.4. The van der Waals surface area contributed by atoms with Crippen molar-refractivity contribution in [3.8, 4) is 0 Å². The summed E-state index contributed by atoms with van der Waals surface area (Å²) in [6.07, 6.45) is 4.37. The predicted octanol–water partition coefficient (Wildman–Crippen LogP) is 2.79. The van der Waals surface area contributed by atoms with E-state index >= 15 is 0 Å². The summed E-state index contributed by atoms with van der Waals surface area (Å²) in [5.41, 5.74) is 6.73. The lowest BCUT2D eigenvalue weighted by molar-refractivity contribution is 0.0936. The van der Waals surface area contributed by atoms with Crippen molar-refractivity contribution >= 4 is 16.6 Å². The van der Waals surface area contributed by atoms with Crippen molar-refractivity contribution < 1.29 is 4.79 Å². The van der Waals surface area contributed by atoms with E-state index in [1.807, 2.05) is 38.1 Å². The number of rotatable bonds is 4. The number of carbonyl (C=O) groups excluding carboxylic acids is 1. The van der Waals surface area contributed by atoms with Crippen LogP contribution in [-0.2, 0) is 0 Å². The van der Waals surface area contributed by atoms with Crippen molar-refractivity contribution in [2.24, 2.45) is 11.7 Å². The van der Waals surface area contributed by atoms with Gasteiger partial charge in [-0.15, -0.1) is 0 Å². The molecule has 0 aliphatic rings. The Morgan fingerprint density at radius 3 is 2.89 bits per heavy atom. The average molecular weight is 242 g/mol. The maximum absolute atomic E-state index is 12.4. The van der Waals surface area contributed by atoms with Gasteiger partial charge in [0.1, 0.15) is 0 Å². The van der Waals surface area contributed by atoms with Gasteiger partial charge >= 0.3 is 0 Å². The van der Waals surface area contributed by atoms with Gasteiger partial charge in [-0.05, 0) is 17.4 Å². The summed E-state index contributed by atoms with van der Waals surface area (Å²) in [6, 6.07) is 7.10. The van der Waals surface area contributed by atoms with Gasteiger partial charge in [0, 0.05) is 23.3 Å². The molecule has 0 saturated carbocycles. The van der Waals surface area contributed by atoms with Crippen LogP contribution in [0.1, 0.15) is 30.6 Å². The van der Waals surface area contributed by atoms with Gasteiger partial charge in [0.15, 0.2) is 5.78 Å². The second kappa shape index (κ2) is 5.27. The zero-order valence-electron chi connectivity index (χ0n) is 10.8. The van der Waals surface area contributed by atoms with Crippen LogP contribution >= 0.6 is 0 Å². The number of Topliss-reactive ketones (excluding diaryl/α,β-unsaturated/α-hetero) is 1. The predicted molar refractivity (Wildman–Crippen MR) is 73.5 cm³/mol. The Morgan fingerprint density at radius 1 is 1.39 bits per heavy atom. The molecule has 0 aliphatic heterocycles. The Balaban J connectivity index is 2.45. The van der Waals surface area contributed by atoms with Crippen molar-refractivity contribution in [2.45, 2.75) is 26.3 Å². The molecule has 3 nitrogen and oxygen atoms in total. The van der Waals surface area contributed by atoms with Crippen LogP contribution in [0.15, 0.2) is 36.7 Å². The second-order valence-electron chi connectivity index (χ2n) is 4.68. The van der Waals surface area contributed by atoms with Gasteiger partial charge in [0.25, 0.3) is 0 Å². The van der Waals surface area contributed by atoms with E-state index in [1.54, 1.807) is 12.4 Å². The van der Waals surface area contributed by atoms with E-state index in [9.17, 15) is 4.79 Å². The molecule has 18 heavy (non-hydrogen) atoms. The molecule has 0 radical (unpaired) electrons. The fourth-order valence-corrected chi connectivity index (χ4v) is 2.03. The lowest BCUT2D eigenvalue weighted by atomic mass is 9.91.